The maximum Gasteiger partial charge on any atom is 0.351 e. The van der Waals surface area contributed by atoms with Gasteiger partial charge in [0.1, 0.15) is 11.9 Å². The minimum atomic E-state index is -3.37. The molecular formula is C9H12N3O6PS. The molecule has 3 rings (SSSR count). The Hall–Kier alpha value is -0.740. The molecule has 5 atom stereocenters. The van der Waals surface area contributed by atoms with Crippen molar-refractivity contribution in [3.8, 4) is 0 Å². The summed E-state index contributed by atoms with van der Waals surface area (Å²) in [6, 6.07) is 1.43. The molecule has 2 saturated heterocycles. The first kappa shape index (κ1) is 14.2. The minimum Gasteiger partial charge on any atom is -0.459 e. The maximum atomic E-state index is 11.8. The van der Waals surface area contributed by atoms with E-state index in [0.29, 0.717) is 0 Å². The lowest BCUT2D eigenvalue weighted by atomic mass is 10.1. The van der Waals surface area contributed by atoms with Gasteiger partial charge in [-0.15, -0.1) is 0 Å². The average molecular weight is 321 g/mol. The van der Waals surface area contributed by atoms with Crippen LogP contribution in [0.3, 0.4) is 0 Å². The van der Waals surface area contributed by atoms with Crippen LogP contribution in [-0.4, -0.2) is 44.5 Å². The molecule has 11 heteroatoms. The van der Waals surface area contributed by atoms with E-state index in [1.54, 1.807) is 0 Å². The number of aromatic nitrogens is 2. The molecule has 0 amide bonds. The van der Waals surface area contributed by atoms with Gasteiger partial charge in [0.05, 0.1) is 6.61 Å². The minimum absolute atomic E-state index is 0.0790. The van der Waals surface area contributed by atoms with Crippen LogP contribution in [-0.2, 0) is 26.0 Å². The highest BCUT2D eigenvalue weighted by Crippen LogP contribution is 2.65. The standard InChI is InChI=1S/C9H12N3O6PS/c10-5-1-2-12(9(14)11-5)8-7-6(4(3-13)16-8)17-19(15,20)18-7/h1-2,4,6-8,13H,3H2,(H,15,20)(H2,10,11,14)/t4-,6-,7-,8-,19?/m1/s1. The maximum absolute atomic E-state index is 11.8. The average Bonchev–Trinajstić information content (AvgIpc) is 2.83. The van der Waals surface area contributed by atoms with E-state index >= 15 is 0 Å². The Bertz CT molecular complexity index is 583. The highest BCUT2D eigenvalue weighted by molar-refractivity contribution is 8.35. The summed E-state index contributed by atoms with van der Waals surface area (Å²) in [6.45, 7) is -0.354. The number of nitrogens with two attached hydrogens (primary N) is 1. The molecule has 0 spiro atoms. The largest absolute Gasteiger partial charge is 0.459 e. The van der Waals surface area contributed by atoms with Crippen molar-refractivity contribution in [3.05, 3.63) is 22.7 Å². The van der Waals surface area contributed by atoms with Gasteiger partial charge in [-0.3, -0.25) is 4.57 Å². The van der Waals surface area contributed by atoms with Gasteiger partial charge in [0.25, 0.3) is 7.15 Å². The van der Waals surface area contributed by atoms with Crippen molar-refractivity contribution in [2.75, 3.05) is 12.3 Å². The van der Waals surface area contributed by atoms with Gasteiger partial charge >= 0.3 is 5.69 Å². The van der Waals surface area contributed by atoms with Crippen LogP contribution in [0.4, 0.5) is 5.82 Å². The zero-order valence-electron chi connectivity index (χ0n) is 10.0. The number of anilines is 1. The molecular weight excluding hydrogens is 309 g/mol. The first-order valence-corrected chi connectivity index (χ1v) is 8.31. The van der Waals surface area contributed by atoms with Crippen molar-refractivity contribution >= 4 is 25.2 Å². The van der Waals surface area contributed by atoms with E-state index in [-0.39, 0.29) is 12.4 Å². The van der Waals surface area contributed by atoms with Gasteiger partial charge in [0, 0.05) is 6.20 Å². The Labute approximate surface area is 119 Å². The first-order chi connectivity index (χ1) is 9.41. The normalized spacial score (nSPS) is 40.0. The fourth-order valence-electron chi connectivity index (χ4n) is 2.27. The molecule has 1 aromatic rings. The first-order valence-electron chi connectivity index (χ1n) is 5.72. The summed E-state index contributed by atoms with van der Waals surface area (Å²) in [7, 11) is -3.37. The Morgan fingerprint density at radius 2 is 2.20 bits per heavy atom. The number of fused-ring (bicyclic) bond motifs is 1. The van der Waals surface area contributed by atoms with Crippen LogP contribution in [0.25, 0.3) is 0 Å². The summed E-state index contributed by atoms with van der Waals surface area (Å²) in [5.41, 5.74) is 4.79. The molecule has 1 unspecified atom stereocenters. The Kier molecular flexibility index (Phi) is 3.49. The quantitative estimate of drug-likeness (QED) is 0.450. The summed E-state index contributed by atoms with van der Waals surface area (Å²) in [6.07, 6.45) is -1.76. The van der Waals surface area contributed by atoms with Crippen LogP contribution < -0.4 is 11.4 Å². The van der Waals surface area contributed by atoms with E-state index in [9.17, 15) is 14.8 Å². The van der Waals surface area contributed by atoms with Crippen LogP contribution in [0.2, 0.25) is 0 Å². The summed E-state index contributed by atoms with van der Waals surface area (Å²) >= 11 is 4.78. The van der Waals surface area contributed by atoms with Gasteiger partial charge in [-0.25, -0.2) is 9.69 Å². The van der Waals surface area contributed by atoms with Crippen LogP contribution in [0, 0.1) is 0 Å². The molecule has 110 valence electrons. The van der Waals surface area contributed by atoms with Crippen molar-refractivity contribution in [3.63, 3.8) is 0 Å². The number of aliphatic hydroxyl groups is 1. The van der Waals surface area contributed by atoms with Crippen molar-refractivity contribution in [1.82, 2.24) is 9.55 Å². The number of nitrogens with zero attached hydrogens (tertiary/aromatic N) is 2. The molecule has 20 heavy (non-hydrogen) atoms. The number of ether oxygens (including phenoxy) is 1. The second kappa shape index (κ2) is 4.92. The number of hydrogen-bond acceptors (Lipinski definition) is 9. The molecule has 0 aliphatic carbocycles. The third-order valence-electron chi connectivity index (χ3n) is 3.10. The van der Waals surface area contributed by atoms with Crippen LogP contribution in [0.5, 0.6) is 0 Å². The lowest BCUT2D eigenvalue weighted by molar-refractivity contribution is -0.0597. The zero-order chi connectivity index (χ0) is 14.5. The molecule has 2 aliphatic rings. The molecule has 9 nitrogen and oxygen atoms in total. The van der Waals surface area contributed by atoms with Gasteiger partial charge in [-0.2, -0.15) is 14.0 Å². The fraction of sp³-hybridized carbons (Fsp3) is 0.556. The predicted octanol–water partition coefficient (Wildman–Crippen LogP) is -1.28. The Morgan fingerprint density at radius 3 is 2.85 bits per heavy atom. The lowest BCUT2D eigenvalue weighted by Crippen LogP contribution is -2.34. The summed E-state index contributed by atoms with van der Waals surface area (Å²) in [5, 5.41) is 9.27. The number of rotatable bonds is 2. The summed E-state index contributed by atoms with van der Waals surface area (Å²) in [5.74, 6) is 0.0790. The van der Waals surface area contributed by atoms with E-state index in [1.807, 2.05) is 0 Å². The van der Waals surface area contributed by atoms with E-state index in [0.717, 1.165) is 4.57 Å². The van der Waals surface area contributed by atoms with Gasteiger partial charge in [0.15, 0.2) is 18.4 Å². The van der Waals surface area contributed by atoms with Gasteiger partial charge in [0.2, 0.25) is 0 Å². The molecule has 4 N–H and O–H groups in total. The fourth-order valence-corrected chi connectivity index (χ4v) is 4.01. The highest BCUT2D eigenvalue weighted by Gasteiger charge is 2.60. The molecule has 2 aliphatic heterocycles. The number of nitrogen functional groups attached to an aromatic ring is 1. The lowest BCUT2D eigenvalue weighted by Gasteiger charge is -2.21. The topological polar surface area (TPSA) is 129 Å². The third kappa shape index (κ3) is 2.33. The van der Waals surface area contributed by atoms with Gasteiger partial charge in [-0.1, -0.05) is 0 Å². The monoisotopic (exact) mass is 321 g/mol. The van der Waals surface area contributed by atoms with Crippen molar-refractivity contribution < 1.29 is 23.8 Å². The summed E-state index contributed by atoms with van der Waals surface area (Å²) in [4.78, 5) is 25.1. The number of hydrogen-bond donors (Lipinski definition) is 3. The van der Waals surface area contributed by atoms with Gasteiger partial charge < -0.3 is 27.8 Å². The zero-order valence-corrected chi connectivity index (χ0v) is 11.7. The molecule has 0 saturated carbocycles. The Morgan fingerprint density at radius 1 is 1.50 bits per heavy atom. The van der Waals surface area contributed by atoms with Crippen LogP contribution in [0.15, 0.2) is 17.1 Å². The van der Waals surface area contributed by atoms with Crippen LogP contribution in [0.1, 0.15) is 6.23 Å². The highest BCUT2D eigenvalue weighted by atomic mass is 32.7. The molecule has 2 fully saturated rings. The smallest absolute Gasteiger partial charge is 0.351 e. The molecule has 0 bridgehead atoms. The molecule has 0 aromatic carbocycles. The van der Waals surface area contributed by atoms with Gasteiger partial charge in [-0.05, 0) is 6.07 Å². The summed E-state index contributed by atoms with van der Waals surface area (Å²) < 4.78 is 17.1. The Balaban J connectivity index is 1.96. The molecule has 0 radical (unpaired) electrons. The second-order valence-corrected chi connectivity index (χ2v) is 7.14. The molecule has 1 aromatic heterocycles. The predicted molar refractivity (Wildman–Crippen MR) is 70.2 cm³/mol. The van der Waals surface area contributed by atoms with E-state index in [2.05, 4.69) is 4.98 Å². The van der Waals surface area contributed by atoms with E-state index < -0.39 is 37.4 Å². The van der Waals surface area contributed by atoms with Crippen molar-refractivity contribution in [2.24, 2.45) is 0 Å². The second-order valence-electron chi connectivity index (χ2n) is 4.40. The van der Waals surface area contributed by atoms with Crippen LogP contribution >= 0.6 is 7.15 Å². The molecule has 3 heterocycles. The SMILES string of the molecule is Nc1ccn([C@@H]2O[C@H](CO)[C@H]3O[P+](O)([S-])O[C@H]32)c(=O)n1. The van der Waals surface area contributed by atoms with E-state index in [1.165, 1.54) is 12.3 Å². The van der Waals surface area contributed by atoms with E-state index in [4.69, 9.17) is 31.8 Å². The third-order valence-corrected chi connectivity index (χ3v) is 4.64. The van der Waals surface area contributed by atoms with Crippen molar-refractivity contribution in [2.45, 2.75) is 24.5 Å². The van der Waals surface area contributed by atoms with Crippen molar-refractivity contribution in [1.29, 1.82) is 0 Å². The number of aliphatic hydroxyl groups excluding tert-OH is 1.